The molecule has 0 aromatic carbocycles. The molecule has 0 aliphatic carbocycles. The maximum Gasteiger partial charge on any atom is 0.417 e. The van der Waals surface area contributed by atoms with Crippen LogP contribution < -0.4 is 0 Å². The first-order valence-corrected chi connectivity index (χ1v) is 5.15. The van der Waals surface area contributed by atoms with Crippen molar-refractivity contribution in [3.8, 4) is 0 Å². The Kier molecular flexibility index (Phi) is 7.41. The molecule has 0 heterocycles. The molecule has 0 aromatic heterocycles. The summed E-state index contributed by atoms with van der Waals surface area (Å²) >= 11 is 0. The van der Waals surface area contributed by atoms with E-state index in [0.717, 1.165) is 0 Å². The Labute approximate surface area is 99.5 Å². The number of hydrogen-bond donors (Lipinski definition) is 0. The Morgan fingerprint density at radius 1 is 0.882 bits per heavy atom. The van der Waals surface area contributed by atoms with Gasteiger partial charge in [-0.15, -0.1) is 0 Å². The molecule has 0 bridgehead atoms. The summed E-state index contributed by atoms with van der Waals surface area (Å²) in [5.74, 6) is -2.71. The number of hydrogen-bond acceptors (Lipinski definition) is 6. The Bertz CT molecular complexity index is 307. The molecule has 0 aliphatic rings. The lowest BCUT2D eigenvalue weighted by atomic mass is 10.4. The summed E-state index contributed by atoms with van der Waals surface area (Å²) in [5, 5.41) is 0. The first kappa shape index (κ1) is 15.2. The normalized spacial score (nSPS) is 9.29. The van der Waals surface area contributed by atoms with Crippen LogP contribution in [0, 0.1) is 0 Å². The molecule has 0 saturated heterocycles. The molecule has 6 heteroatoms. The van der Waals surface area contributed by atoms with Gasteiger partial charge in [-0.05, 0) is 13.3 Å². The van der Waals surface area contributed by atoms with E-state index in [4.69, 9.17) is 0 Å². The molecule has 0 spiro atoms. The molecule has 0 unspecified atom stereocenters. The lowest BCUT2D eigenvalue weighted by molar-refractivity contribution is -0.169. The van der Waals surface area contributed by atoms with Crippen molar-refractivity contribution in [3.05, 3.63) is 12.2 Å². The van der Waals surface area contributed by atoms with Crippen molar-refractivity contribution in [2.45, 2.75) is 20.3 Å². The predicted octanol–water partition coefficient (Wildman–Crippen LogP) is 0.602. The van der Waals surface area contributed by atoms with Crippen LogP contribution in [0.2, 0.25) is 0 Å². The highest BCUT2D eigenvalue weighted by atomic mass is 16.6. The molecule has 0 atom stereocenters. The van der Waals surface area contributed by atoms with Crippen LogP contribution in [0.4, 0.5) is 0 Å². The summed E-state index contributed by atoms with van der Waals surface area (Å²) in [5.41, 5.74) is 0.249. The Morgan fingerprint density at radius 3 is 1.71 bits per heavy atom. The number of carbonyl (C=O) groups excluding carboxylic acids is 3. The van der Waals surface area contributed by atoms with Crippen LogP contribution in [0.1, 0.15) is 20.3 Å². The third kappa shape index (κ3) is 7.10. The van der Waals surface area contributed by atoms with Gasteiger partial charge in [-0.1, -0.05) is 13.5 Å². The quantitative estimate of drug-likeness (QED) is 0.224. The number of esters is 3. The molecule has 0 saturated carbocycles. The van der Waals surface area contributed by atoms with Crippen LogP contribution in [0.25, 0.3) is 0 Å². The van der Waals surface area contributed by atoms with Gasteiger partial charge in [0.1, 0.15) is 13.2 Å². The summed E-state index contributed by atoms with van der Waals surface area (Å²) in [4.78, 5) is 32.8. The highest BCUT2D eigenvalue weighted by molar-refractivity contribution is 6.29. The van der Waals surface area contributed by atoms with E-state index in [0.29, 0.717) is 6.42 Å². The van der Waals surface area contributed by atoms with Gasteiger partial charge in [0.25, 0.3) is 0 Å². The van der Waals surface area contributed by atoms with E-state index in [-0.39, 0.29) is 25.4 Å². The maximum atomic E-state index is 11.0. The third-order valence-corrected chi connectivity index (χ3v) is 1.50. The number of ether oxygens (including phenoxy) is 3. The van der Waals surface area contributed by atoms with Crippen molar-refractivity contribution in [2.75, 3.05) is 19.8 Å². The average Bonchev–Trinajstić information content (AvgIpc) is 2.30. The van der Waals surface area contributed by atoms with Crippen molar-refractivity contribution in [1.29, 1.82) is 0 Å². The Hall–Kier alpha value is -1.85. The van der Waals surface area contributed by atoms with E-state index in [1.165, 1.54) is 6.92 Å². The van der Waals surface area contributed by atoms with Gasteiger partial charge in [-0.3, -0.25) is 0 Å². The molecule has 0 aliphatic heterocycles. The van der Waals surface area contributed by atoms with Gasteiger partial charge in [0.05, 0.1) is 6.61 Å². The van der Waals surface area contributed by atoms with E-state index in [9.17, 15) is 14.4 Å². The molecule has 0 aromatic rings. The van der Waals surface area contributed by atoms with Gasteiger partial charge >= 0.3 is 17.9 Å². The standard InChI is InChI=1S/C11H16O6/c1-4-5-15-10(13)11(14)17-7-6-16-9(12)8(2)3/h2,4-7H2,1,3H3. The van der Waals surface area contributed by atoms with Crippen molar-refractivity contribution < 1.29 is 28.6 Å². The van der Waals surface area contributed by atoms with Crippen molar-refractivity contribution in [2.24, 2.45) is 0 Å². The first-order valence-electron chi connectivity index (χ1n) is 5.15. The van der Waals surface area contributed by atoms with Crippen molar-refractivity contribution in [1.82, 2.24) is 0 Å². The fourth-order valence-corrected chi connectivity index (χ4v) is 0.705. The molecule has 17 heavy (non-hydrogen) atoms. The van der Waals surface area contributed by atoms with Crippen molar-refractivity contribution in [3.63, 3.8) is 0 Å². The second kappa shape index (κ2) is 8.32. The van der Waals surface area contributed by atoms with Crippen LogP contribution in [-0.4, -0.2) is 37.7 Å². The van der Waals surface area contributed by atoms with Crippen LogP contribution in [0.3, 0.4) is 0 Å². The largest absolute Gasteiger partial charge is 0.459 e. The molecule has 0 rings (SSSR count). The molecule has 0 fully saturated rings. The van der Waals surface area contributed by atoms with Gasteiger partial charge in [0, 0.05) is 5.57 Å². The first-order chi connectivity index (χ1) is 7.99. The number of rotatable bonds is 6. The molecule has 0 radical (unpaired) electrons. The minimum Gasteiger partial charge on any atom is -0.459 e. The zero-order valence-corrected chi connectivity index (χ0v) is 9.99. The minimum atomic E-state index is -1.09. The average molecular weight is 244 g/mol. The lowest BCUT2D eigenvalue weighted by Gasteiger charge is -2.05. The fraction of sp³-hybridized carbons (Fsp3) is 0.545. The van der Waals surface area contributed by atoms with Gasteiger partial charge in [-0.25, -0.2) is 14.4 Å². The molecular weight excluding hydrogens is 228 g/mol. The zero-order chi connectivity index (χ0) is 13.3. The molecule has 0 amide bonds. The van der Waals surface area contributed by atoms with Gasteiger partial charge in [0.2, 0.25) is 0 Å². The summed E-state index contributed by atoms with van der Waals surface area (Å²) in [6.45, 7) is 6.52. The summed E-state index contributed by atoms with van der Waals surface area (Å²) < 4.78 is 13.7. The third-order valence-electron chi connectivity index (χ3n) is 1.50. The molecule has 0 N–H and O–H groups in total. The van der Waals surface area contributed by atoms with Crippen LogP contribution in [0.5, 0.6) is 0 Å². The maximum absolute atomic E-state index is 11.0. The highest BCUT2D eigenvalue weighted by Crippen LogP contribution is 1.92. The SMILES string of the molecule is C=C(C)C(=O)OCCOC(=O)C(=O)OCCC. The smallest absolute Gasteiger partial charge is 0.417 e. The fourth-order valence-electron chi connectivity index (χ4n) is 0.705. The van der Waals surface area contributed by atoms with Gasteiger partial charge < -0.3 is 14.2 Å². The second-order valence-corrected chi connectivity index (χ2v) is 3.19. The minimum absolute atomic E-state index is 0.126. The Balaban J connectivity index is 3.68. The van der Waals surface area contributed by atoms with Gasteiger partial charge in [-0.2, -0.15) is 0 Å². The van der Waals surface area contributed by atoms with Crippen LogP contribution in [-0.2, 0) is 28.6 Å². The second-order valence-electron chi connectivity index (χ2n) is 3.19. The van der Waals surface area contributed by atoms with Crippen LogP contribution in [0.15, 0.2) is 12.2 Å². The lowest BCUT2D eigenvalue weighted by Crippen LogP contribution is -2.23. The Morgan fingerprint density at radius 2 is 1.29 bits per heavy atom. The number of carbonyl (C=O) groups is 3. The predicted molar refractivity (Wildman–Crippen MR) is 58.0 cm³/mol. The van der Waals surface area contributed by atoms with Gasteiger partial charge in [0.15, 0.2) is 0 Å². The van der Waals surface area contributed by atoms with E-state index < -0.39 is 17.9 Å². The monoisotopic (exact) mass is 244 g/mol. The topological polar surface area (TPSA) is 78.9 Å². The summed E-state index contributed by atoms with van der Waals surface area (Å²) in [7, 11) is 0. The summed E-state index contributed by atoms with van der Waals surface area (Å²) in [6.07, 6.45) is 0.620. The van der Waals surface area contributed by atoms with Crippen LogP contribution >= 0.6 is 0 Å². The zero-order valence-electron chi connectivity index (χ0n) is 9.99. The molecule has 96 valence electrons. The molecular formula is C11H16O6. The van der Waals surface area contributed by atoms with Crippen molar-refractivity contribution >= 4 is 17.9 Å². The van der Waals surface area contributed by atoms with E-state index >= 15 is 0 Å². The summed E-state index contributed by atoms with van der Waals surface area (Å²) in [6, 6.07) is 0. The van der Waals surface area contributed by atoms with E-state index in [1.807, 2.05) is 0 Å². The van der Waals surface area contributed by atoms with E-state index in [1.54, 1.807) is 6.92 Å². The molecule has 6 nitrogen and oxygen atoms in total. The van der Waals surface area contributed by atoms with E-state index in [2.05, 4.69) is 20.8 Å². The highest BCUT2D eigenvalue weighted by Gasteiger charge is 2.16.